The lowest BCUT2D eigenvalue weighted by atomic mass is 9.85. The van der Waals surface area contributed by atoms with Crippen molar-refractivity contribution in [2.45, 2.75) is 104 Å². The molecule has 0 bridgehead atoms. The molecule has 0 aliphatic heterocycles. The number of ether oxygens (including phenoxy) is 1. The largest absolute Gasteiger partial charge is 0.463 e. The summed E-state index contributed by atoms with van der Waals surface area (Å²) < 4.78 is 4.84. The van der Waals surface area contributed by atoms with Gasteiger partial charge >= 0.3 is 5.97 Å². The Morgan fingerprint density at radius 3 is 1.96 bits per heavy atom. The van der Waals surface area contributed by atoms with E-state index in [2.05, 4.69) is 20.8 Å². The van der Waals surface area contributed by atoms with Crippen molar-refractivity contribution in [3.63, 3.8) is 0 Å². The van der Waals surface area contributed by atoms with E-state index in [-0.39, 0.29) is 19.2 Å². The first kappa shape index (κ1) is 23.4. The zero-order valence-corrected chi connectivity index (χ0v) is 16.5. The van der Waals surface area contributed by atoms with Crippen molar-refractivity contribution >= 4 is 5.97 Å². The summed E-state index contributed by atoms with van der Waals surface area (Å²) in [5.41, 5.74) is 0. The molecular formula is C21H42O3. The zero-order valence-electron chi connectivity index (χ0n) is 16.5. The molecule has 0 aromatic rings. The van der Waals surface area contributed by atoms with Gasteiger partial charge in [-0.3, -0.25) is 4.79 Å². The minimum absolute atomic E-state index is 0.0816. The third-order valence-corrected chi connectivity index (χ3v) is 4.93. The van der Waals surface area contributed by atoms with Gasteiger partial charge in [-0.2, -0.15) is 0 Å². The third-order valence-electron chi connectivity index (χ3n) is 4.93. The highest BCUT2D eigenvalue weighted by Crippen LogP contribution is 2.25. The molecule has 0 saturated heterocycles. The van der Waals surface area contributed by atoms with Gasteiger partial charge in [-0.15, -0.1) is 0 Å². The number of aliphatic hydroxyl groups excluding tert-OH is 1. The van der Waals surface area contributed by atoms with Crippen LogP contribution in [0, 0.1) is 11.8 Å². The summed E-state index contributed by atoms with van der Waals surface area (Å²) >= 11 is 0. The van der Waals surface area contributed by atoms with E-state index in [0.717, 1.165) is 24.7 Å². The SMILES string of the molecule is CCCCCCC(CCCCCCCCC(=O)OCCO)C(C)C. The maximum Gasteiger partial charge on any atom is 0.305 e. The Balaban J connectivity index is 3.49. The van der Waals surface area contributed by atoms with E-state index in [1.807, 2.05) is 0 Å². The van der Waals surface area contributed by atoms with Crippen molar-refractivity contribution in [2.75, 3.05) is 13.2 Å². The van der Waals surface area contributed by atoms with E-state index < -0.39 is 0 Å². The van der Waals surface area contributed by atoms with Gasteiger partial charge in [0, 0.05) is 6.42 Å². The number of rotatable bonds is 17. The van der Waals surface area contributed by atoms with E-state index in [9.17, 15) is 4.79 Å². The molecule has 3 heteroatoms. The van der Waals surface area contributed by atoms with Gasteiger partial charge < -0.3 is 9.84 Å². The van der Waals surface area contributed by atoms with Crippen LogP contribution in [-0.2, 0) is 9.53 Å². The summed E-state index contributed by atoms with van der Waals surface area (Å²) in [6.45, 7) is 7.08. The fraction of sp³-hybridized carbons (Fsp3) is 0.952. The summed E-state index contributed by atoms with van der Waals surface area (Å²) in [6, 6.07) is 0. The van der Waals surface area contributed by atoms with Crippen molar-refractivity contribution in [3.8, 4) is 0 Å². The third kappa shape index (κ3) is 15.0. The first-order valence-electron chi connectivity index (χ1n) is 10.4. The normalized spacial score (nSPS) is 12.5. The fourth-order valence-electron chi connectivity index (χ4n) is 3.26. The Labute approximate surface area is 150 Å². The molecule has 0 radical (unpaired) electrons. The molecule has 0 aromatic heterocycles. The maximum absolute atomic E-state index is 11.3. The molecule has 3 nitrogen and oxygen atoms in total. The van der Waals surface area contributed by atoms with Gasteiger partial charge in [0.2, 0.25) is 0 Å². The average Bonchev–Trinajstić information content (AvgIpc) is 2.56. The smallest absolute Gasteiger partial charge is 0.305 e. The second-order valence-electron chi connectivity index (χ2n) is 7.46. The molecule has 0 amide bonds. The van der Waals surface area contributed by atoms with E-state index in [1.54, 1.807) is 0 Å². The molecule has 0 aliphatic carbocycles. The molecule has 144 valence electrons. The summed E-state index contributed by atoms with van der Waals surface area (Å²) in [5, 5.41) is 8.57. The number of esters is 1. The second-order valence-corrected chi connectivity index (χ2v) is 7.46. The quantitative estimate of drug-likeness (QED) is 0.265. The van der Waals surface area contributed by atoms with Crippen LogP contribution in [0.3, 0.4) is 0 Å². The average molecular weight is 343 g/mol. The molecule has 0 rings (SSSR count). The number of carbonyl (C=O) groups is 1. The van der Waals surface area contributed by atoms with Crippen LogP contribution in [-0.4, -0.2) is 24.3 Å². The minimum atomic E-state index is -0.174. The Bertz CT molecular complexity index is 276. The van der Waals surface area contributed by atoms with Gasteiger partial charge in [0.15, 0.2) is 0 Å². The number of hydrogen-bond acceptors (Lipinski definition) is 3. The summed E-state index contributed by atoms with van der Waals surface area (Å²) in [7, 11) is 0. The van der Waals surface area contributed by atoms with Crippen LogP contribution >= 0.6 is 0 Å². The zero-order chi connectivity index (χ0) is 18.0. The molecule has 0 aromatic carbocycles. The first-order chi connectivity index (χ1) is 11.6. The van der Waals surface area contributed by atoms with Crippen LogP contribution < -0.4 is 0 Å². The Hall–Kier alpha value is -0.570. The van der Waals surface area contributed by atoms with Gasteiger partial charge in [-0.1, -0.05) is 91.4 Å². The molecule has 0 fully saturated rings. The fourth-order valence-corrected chi connectivity index (χ4v) is 3.26. The predicted molar refractivity (Wildman–Crippen MR) is 102 cm³/mol. The van der Waals surface area contributed by atoms with Crippen molar-refractivity contribution in [1.82, 2.24) is 0 Å². The monoisotopic (exact) mass is 342 g/mol. The van der Waals surface area contributed by atoms with Crippen LogP contribution in [0.5, 0.6) is 0 Å². The highest BCUT2D eigenvalue weighted by Gasteiger charge is 2.12. The number of aliphatic hydroxyl groups is 1. The van der Waals surface area contributed by atoms with Crippen LogP contribution in [0.15, 0.2) is 0 Å². The summed E-state index contributed by atoms with van der Waals surface area (Å²) in [4.78, 5) is 11.3. The summed E-state index contributed by atoms with van der Waals surface area (Å²) in [6.07, 6.45) is 16.0. The number of hydrogen-bond donors (Lipinski definition) is 1. The molecule has 0 heterocycles. The Kier molecular flexibility index (Phi) is 16.8. The lowest BCUT2D eigenvalue weighted by Crippen LogP contribution is -2.09. The van der Waals surface area contributed by atoms with Crippen molar-refractivity contribution < 1.29 is 14.6 Å². The molecule has 1 unspecified atom stereocenters. The van der Waals surface area contributed by atoms with Gasteiger partial charge in [0.05, 0.1) is 6.61 Å². The van der Waals surface area contributed by atoms with Gasteiger partial charge in [-0.05, 0) is 18.3 Å². The van der Waals surface area contributed by atoms with E-state index in [0.29, 0.717) is 6.42 Å². The molecular weight excluding hydrogens is 300 g/mol. The van der Waals surface area contributed by atoms with Crippen molar-refractivity contribution in [3.05, 3.63) is 0 Å². The number of unbranched alkanes of at least 4 members (excludes halogenated alkanes) is 8. The van der Waals surface area contributed by atoms with E-state index in [4.69, 9.17) is 9.84 Å². The van der Waals surface area contributed by atoms with Crippen molar-refractivity contribution in [1.29, 1.82) is 0 Å². The molecule has 1 N–H and O–H groups in total. The van der Waals surface area contributed by atoms with Gasteiger partial charge in [-0.25, -0.2) is 0 Å². The molecule has 24 heavy (non-hydrogen) atoms. The van der Waals surface area contributed by atoms with E-state index >= 15 is 0 Å². The standard InChI is InChI=1S/C21H42O3/c1-4-5-6-11-14-20(19(2)3)15-12-9-7-8-10-13-16-21(23)24-18-17-22/h19-20,22H,4-18H2,1-3H3. The Morgan fingerprint density at radius 1 is 0.875 bits per heavy atom. The topological polar surface area (TPSA) is 46.5 Å². The summed E-state index contributed by atoms with van der Waals surface area (Å²) in [5.74, 6) is 1.55. The molecule has 0 saturated carbocycles. The lowest BCUT2D eigenvalue weighted by molar-refractivity contribution is -0.144. The van der Waals surface area contributed by atoms with Crippen molar-refractivity contribution in [2.24, 2.45) is 11.8 Å². The van der Waals surface area contributed by atoms with E-state index in [1.165, 1.54) is 64.2 Å². The van der Waals surface area contributed by atoms with Crippen LogP contribution in [0.25, 0.3) is 0 Å². The van der Waals surface area contributed by atoms with Crippen LogP contribution in [0.1, 0.15) is 104 Å². The van der Waals surface area contributed by atoms with Gasteiger partial charge in [0.25, 0.3) is 0 Å². The van der Waals surface area contributed by atoms with Crippen LogP contribution in [0.4, 0.5) is 0 Å². The maximum atomic E-state index is 11.3. The second kappa shape index (κ2) is 17.3. The van der Waals surface area contributed by atoms with Gasteiger partial charge in [0.1, 0.15) is 6.61 Å². The lowest BCUT2D eigenvalue weighted by Gasteiger charge is -2.20. The predicted octanol–water partition coefficient (Wildman–Crippen LogP) is 5.89. The van der Waals surface area contributed by atoms with Crippen LogP contribution in [0.2, 0.25) is 0 Å². The highest BCUT2D eigenvalue weighted by atomic mass is 16.5. The first-order valence-corrected chi connectivity index (χ1v) is 10.4. The number of carbonyl (C=O) groups excluding carboxylic acids is 1. The highest BCUT2D eigenvalue weighted by molar-refractivity contribution is 5.69. The Morgan fingerprint density at radius 2 is 1.42 bits per heavy atom. The molecule has 1 atom stereocenters. The molecule has 0 aliphatic rings. The molecule has 0 spiro atoms. The minimum Gasteiger partial charge on any atom is -0.463 e.